The van der Waals surface area contributed by atoms with Crippen molar-refractivity contribution in [1.29, 1.82) is 0 Å². The molecule has 0 bridgehead atoms. The van der Waals surface area contributed by atoms with Gasteiger partial charge in [-0.05, 0) is 48.8 Å². The topological polar surface area (TPSA) is 40.5 Å². The van der Waals surface area contributed by atoms with Crippen LogP contribution in [0.15, 0.2) is 18.2 Å². The summed E-state index contributed by atoms with van der Waals surface area (Å²) in [5, 5.41) is 19.6. The Balaban J connectivity index is 2.61. The molecule has 0 aliphatic carbocycles. The van der Waals surface area contributed by atoms with Gasteiger partial charge in [0, 0.05) is 0 Å². The molecule has 0 aliphatic rings. The first-order valence-electron chi connectivity index (χ1n) is 6.39. The van der Waals surface area contributed by atoms with Crippen molar-refractivity contribution in [2.45, 2.75) is 52.6 Å². The van der Waals surface area contributed by atoms with Gasteiger partial charge in [-0.3, -0.25) is 0 Å². The zero-order chi connectivity index (χ0) is 13.0. The first kappa shape index (κ1) is 14.0. The van der Waals surface area contributed by atoms with Crippen LogP contribution in [0.25, 0.3) is 0 Å². The first-order valence-corrected chi connectivity index (χ1v) is 6.39. The average Bonchev–Trinajstić information content (AvgIpc) is 2.25. The average molecular weight is 236 g/mol. The van der Waals surface area contributed by atoms with Crippen LogP contribution >= 0.6 is 0 Å². The Morgan fingerprint density at radius 1 is 1.12 bits per heavy atom. The molecule has 0 aliphatic heterocycles. The largest absolute Gasteiger partial charge is 0.508 e. The van der Waals surface area contributed by atoms with Crippen molar-refractivity contribution in [2.75, 3.05) is 0 Å². The summed E-state index contributed by atoms with van der Waals surface area (Å²) < 4.78 is 0. The van der Waals surface area contributed by atoms with Gasteiger partial charge in [0.05, 0.1) is 6.10 Å². The highest BCUT2D eigenvalue weighted by molar-refractivity contribution is 5.38. The Bertz CT molecular complexity index is 358. The van der Waals surface area contributed by atoms with Crippen LogP contribution in [0.2, 0.25) is 0 Å². The number of rotatable bonds is 5. The number of aromatic hydroxyl groups is 1. The van der Waals surface area contributed by atoms with Crippen LogP contribution < -0.4 is 0 Å². The van der Waals surface area contributed by atoms with E-state index in [0.29, 0.717) is 11.7 Å². The van der Waals surface area contributed by atoms with Crippen molar-refractivity contribution in [3.8, 4) is 5.75 Å². The molecular weight excluding hydrogens is 212 g/mol. The molecule has 2 atom stereocenters. The van der Waals surface area contributed by atoms with Crippen LogP contribution in [0, 0.1) is 12.8 Å². The van der Waals surface area contributed by atoms with Crippen molar-refractivity contribution >= 4 is 0 Å². The Hall–Kier alpha value is -1.02. The van der Waals surface area contributed by atoms with Gasteiger partial charge in [-0.15, -0.1) is 0 Å². The fourth-order valence-corrected chi connectivity index (χ4v) is 1.98. The van der Waals surface area contributed by atoms with Gasteiger partial charge in [-0.25, -0.2) is 0 Å². The lowest BCUT2D eigenvalue weighted by Gasteiger charge is -2.18. The molecule has 0 amide bonds. The van der Waals surface area contributed by atoms with Gasteiger partial charge in [0.2, 0.25) is 0 Å². The zero-order valence-electron chi connectivity index (χ0n) is 11.3. The summed E-state index contributed by atoms with van der Waals surface area (Å²) in [5.74, 6) is 0.953. The standard InChI is InChI=1S/C15H24O2/c1-10(2)14(16)8-6-12(4)13-7-5-11(3)9-15(13)17/h5,7,9-10,12,14,16-17H,6,8H2,1-4H3. The minimum atomic E-state index is -0.245. The number of aryl methyl sites for hydroxylation is 1. The van der Waals surface area contributed by atoms with E-state index in [4.69, 9.17) is 0 Å². The molecule has 0 spiro atoms. The summed E-state index contributed by atoms with van der Waals surface area (Å²) in [6.07, 6.45) is 1.44. The van der Waals surface area contributed by atoms with E-state index in [1.807, 2.05) is 32.9 Å². The molecule has 0 fully saturated rings. The van der Waals surface area contributed by atoms with Crippen LogP contribution in [0.5, 0.6) is 5.75 Å². The van der Waals surface area contributed by atoms with Crippen molar-refractivity contribution in [2.24, 2.45) is 5.92 Å². The predicted molar refractivity (Wildman–Crippen MR) is 71.3 cm³/mol. The molecule has 1 aromatic carbocycles. The van der Waals surface area contributed by atoms with E-state index in [1.165, 1.54) is 0 Å². The molecular formula is C15H24O2. The van der Waals surface area contributed by atoms with Crippen LogP contribution in [-0.4, -0.2) is 16.3 Å². The third-order valence-electron chi connectivity index (χ3n) is 3.38. The Kier molecular flexibility index (Phi) is 5.01. The lowest BCUT2D eigenvalue weighted by atomic mass is 9.91. The molecule has 0 saturated heterocycles. The van der Waals surface area contributed by atoms with Gasteiger partial charge >= 0.3 is 0 Å². The highest BCUT2D eigenvalue weighted by Crippen LogP contribution is 2.30. The van der Waals surface area contributed by atoms with Gasteiger partial charge in [0.15, 0.2) is 0 Å². The number of phenols is 1. The van der Waals surface area contributed by atoms with Crippen molar-refractivity contribution in [3.63, 3.8) is 0 Å². The highest BCUT2D eigenvalue weighted by Gasteiger charge is 2.14. The SMILES string of the molecule is Cc1ccc(C(C)CCC(O)C(C)C)c(O)c1. The maximum Gasteiger partial charge on any atom is 0.119 e. The normalized spacial score (nSPS) is 14.9. The van der Waals surface area contributed by atoms with E-state index in [-0.39, 0.29) is 12.0 Å². The molecule has 2 heteroatoms. The number of hydrogen-bond donors (Lipinski definition) is 2. The maximum atomic E-state index is 9.87. The summed E-state index contributed by atoms with van der Waals surface area (Å²) in [6.45, 7) is 8.12. The van der Waals surface area contributed by atoms with Gasteiger partial charge in [0.1, 0.15) is 5.75 Å². The van der Waals surface area contributed by atoms with Crippen molar-refractivity contribution in [1.82, 2.24) is 0 Å². The summed E-state index contributed by atoms with van der Waals surface area (Å²) in [6, 6.07) is 5.80. The minimum absolute atomic E-state index is 0.245. The quantitative estimate of drug-likeness (QED) is 0.820. The van der Waals surface area contributed by atoms with E-state index < -0.39 is 0 Å². The second-order valence-corrected chi connectivity index (χ2v) is 5.35. The summed E-state index contributed by atoms with van der Waals surface area (Å²) in [5.41, 5.74) is 2.05. The van der Waals surface area contributed by atoms with E-state index in [9.17, 15) is 10.2 Å². The number of phenolic OH excluding ortho intramolecular Hbond substituents is 1. The number of aliphatic hydroxyl groups is 1. The van der Waals surface area contributed by atoms with Gasteiger partial charge in [-0.2, -0.15) is 0 Å². The Morgan fingerprint density at radius 2 is 1.76 bits per heavy atom. The highest BCUT2D eigenvalue weighted by atomic mass is 16.3. The predicted octanol–water partition coefficient (Wildman–Crippen LogP) is 3.60. The summed E-state index contributed by atoms with van der Waals surface area (Å²) >= 11 is 0. The minimum Gasteiger partial charge on any atom is -0.508 e. The van der Waals surface area contributed by atoms with Crippen LogP contribution in [0.4, 0.5) is 0 Å². The van der Waals surface area contributed by atoms with E-state index in [0.717, 1.165) is 24.0 Å². The molecule has 2 nitrogen and oxygen atoms in total. The van der Waals surface area contributed by atoms with Gasteiger partial charge in [0.25, 0.3) is 0 Å². The van der Waals surface area contributed by atoms with E-state index in [2.05, 4.69) is 6.92 Å². The number of aliphatic hydroxyl groups excluding tert-OH is 1. The lowest BCUT2D eigenvalue weighted by molar-refractivity contribution is 0.112. The molecule has 2 N–H and O–H groups in total. The van der Waals surface area contributed by atoms with Crippen molar-refractivity contribution in [3.05, 3.63) is 29.3 Å². The molecule has 1 aromatic rings. The molecule has 0 radical (unpaired) electrons. The van der Waals surface area contributed by atoms with Crippen LogP contribution in [0.3, 0.4) is 0 Å². The maximum absolute atomic E-state index is 9.87. The first-order chi connectivity index (χ1) is 7.91. The Labute approximate surface area is 104 Å². The fraction of sp³-hybridized carbons (Fsp3) is 0.600. The van der Waals surface area contributed by atoms with E-state index >= 15 is 0 Å². The van der Waals surface area contributed by atoms with Crippen LogP contribution in [0.1, 0.15) is 50.7 Å². The number of benzene rings is 1. The fourth-order valence-electron chi connectivity index (χ4n) is 1.98. The Morgan fingerprint density at radius 3 is 2.29 bits per heavy atom. The molecule has 0 saturated carbocycles. The smallest absolute Gasteiger partial charge is 0.119 e. The third kappa shape index (κ3) is 4.04. The summed E-state index contributed by atoms with van der Waals surface area (Å²) in [7, 11) is 0. The van der Waals surface area contributed by atoms with Gasteiger partial charge < -0.3 is 10.2 Å². The van der Waals surface area contributed by atoms with Crippen molar-refractivity contribution < 1.29 is 10.2 Å². The molecule has 96 valence electrons. The number of hydrogen-bond acceptors (Lipinski definition) is 2. The summed E-state index contributed by atoms with van der Waals surface area (Å²) in [4.78, 5) is 0. The molecule has 2 unspecified atom stereocenters. The molecule has 0 aromatic heterocycles. The van der Waals surface area contributed by atoms with E-state index in [1.54, 1.807) is 6.07 Å². The zero-order valence-corrected chi connectivity index (χ0v) is 11.3. The lowest BCUT2D eigenvalue weighted by Crippen LogP contribution is -2.15. The van der Waals surface area contributed by atoms with Crippen LogP contribution in [-0.2, 0) is 0 Å². The molecule has 0 heterocycles. The molecule has 17 heavy (non-hydrogen) atoms. The third-order valence-corrected chi connectivity index (χ3v) is 3.38. The van der Waals surface area contributed by atoms with Gasteiger partial charge in [-0.1, -0.05) is 32.9 Å². The second kappa shape index (κ2) is 6.06. The molecule has 1 rings (SSSR count). The second-order valence-electron chi connectivity index (χ2n) is 5.35. The monoisotopic (exact) mass is 236 g/mol.